The molecule has 1 amide bonds. The van der Waals surface area contributed by atoms with Crippen molar-refractivity contribution in [2.75, 3.05) is 46.4 Å². The molecule has 3 aliphatic rings. The van der Waals surface area contributed by atoms with Crippen LogP contribution in [0.5, 0.6) is 0 Å². The van der Waals surface area contributed by atoms with E-state index in [4.69, 9.17) is 9.73 Å². The number of methoxy groups -OCH3 is 1. The minimum atomic E-state index is -0.364. The van der Waals surface area contributed by atoms with Crippen LogP contribution in [0, 0.1) is 11.6 Å². The summed E-state index contributed by atoms with van der Waals surface area (Å²) < 4.78 is 34.3. The fourth-order valence-electron chi connectivity index (χ4n) is 5.89. The molecule has 3 aliphatic heterocycles. The van der Waals surface area contributed by atoms with Crippen LogP contribution in [-0.2, 0) is 16.1 Å². The molecule has 0 atom stereocenters. The summed E-state index contributed by atoms with van der Waals surface area (Å²) in [6, 6.07) is 11.8. The highest BCUT2D eigenvalue weighted by atomic mass is 19.1. The summed E-state index contributed by atoms with van der Waals surface area (Å²) in [5.74, 6) is 1.02. The Bertz CT molecular complexity index is 1530. The third kappa shape index (κ3) is 6.88. The first-order valence-corrected chi connectivity index (χ1v) is 15.2. The van der Waals surface area contributed by atoms with Crippen LogP contribution in [0.25, 0.3) is 22.8 Å². The normalized spacial score (nSPS) is 18.8. The zero-order valence-electron chi connectivity index (χ0n) is 24.9. The van der Waals surface area contributed by atoms with Gasteiger partial charge in [0.1, 0.15) is 24.0 Å². The number of amides is 1. The molecule has 9 nitrogen and oxygen atoms in total. The predicted octanol–water partition coefficient (Wildman–Crippen LogP) is 4.74. The molecule has 2 fully saturated rings. The molecular weight excluding hydrogens is 564 g/mol. The quantitative estimate of drug-likeness (QED) is 0.407. The van der Waals surface area contributed by atoms with Gasteiger partial charge in [0.25, 0.3) is 0 Å². The third-order valence-corrected chi connectivity index (χ3v) is 8.47. The van der Waals surface area contributed by atoms with Gasteiger partial charge in [0, 0.05) is 69.4 Å². The predicted molar refractivity (Wildman–Crippen MR) is 164 cm³/mol. The first-order chi connectivity index (χ1) is 21.5. The van der Waals surface area contributed by atoms with Gasteiger partial charge < -0.3 is 19.4 Å². The Morgan fingerprint density at radius 1 is 0.886 bits per heavy atom. The van der Waals surface area contributed by atoms with E-state index in [1.165, 1.54) is 30.0 Å². The van der Waals surface area contributed by atoms with E-state index < -0.39 is 0 Å². The molecule has 2 saturated heterocycles. The van der Waals surface area contributed by atoms with E-state index in [0.717, 1.165) is 57.7 Å². The number of ether oxygens (including phenoxy) is 1. The molecular formula is C33H37F2N7O2. The topological polar surface area (TPSA) is 79.1 Å². The van der Waals surface area contributed by atoms with Crippen molar-refractivity contribution < 1.29 is 18.3 Å². The lowest BCUT2D eigenvalue weighted by molar-refractivity contribution is -0.133. The SMILES string of the molecule is COC1CCN(C2=N/C=C\CCC(N3CCN(C(=O)Cn4nc(-c5ccc(F)cc5)nc4-c4ccc(F)cc4)CC3)=C2)CC1. The van der Waals surface area contributed by atoms with E-state index in [1.807, 2.05) is 11.1 Å². The Balaban J connectivity index is 1.14. The van der Waals surface area contributed by atoms with Crippen LogP contribution in [0.15, 0.2) is 77.6 Å². The van der Waals surface area contributed by atoms with Crippen LogP contribution in [0.3, 0.4) is 0 Å². The molecule has 11 heteroatoms. The fourth-order valence-corrected chi connectivity index (χ4v) is 5.89. The number of hydrogen-bond donors (Lipinski definition) is 0. The van der Waals surface area contributed by atoms with Crippen molar-refractivity contribution in [3.05, 3.63) is 84.2 Å². The molecule has 0 N–H and O–H groups in total. The van der Waals surface area contributed by atoms with Crippen LogP contribution in [0.1, 0.15) is 25.7 Å². The number of carbonyl (C=O) groups is 1. The molecule has 3 aromatic rings. The molecule has 0 bridgehead atoms. The Morgan fingerprint density at radius 2 is 1.55 bits per heavy atom. The smallest absolute Gasteiger partial charge is 0.244 e. The van der Waals surface area contributed by atoms with Crippen molar-refractivity contribution in [1.29, 1.82) is 0 Å². The maximum Gasteiger partial charge on any atom is 0.244 e. The van der Waals surface area contributed by atoms with Crippen molar-refractivity contribution in [3.8, 4) is 22.8 Å². The second-order valence-corrected chi connectivity index (χ2v) is 11.3. The number of piperidine rings is 1. The van der Waals surface area contributed by atoms with Gasteiger partial charge in [0.15, 0.2) is 11.6 Å². The van der Waals surface area contributed by atoms with Crippen LogP contribution in [-0.4, -0.2) is 93.7 Å². The minimum absolute atomic E-state index is 0.0113. The Kier molecular flexibility index (Phi) is 9.11. The summed E-state index contributed by atoms with van der Waals surface area (Å²) in [6.07, 6.45) is 10.4. The Labute approximate surface area is 256 Å². The van der Waals surface area contributed by atoms with Gasteiger partial charge >= 0.3 is 0 Å². The summed E-state index contributed by atoms with van der Waals surface area (Å²) in [4.78, 5) is 29.5. The monoisotopic (exact) mass is 601 g/mol. The number of benzene rings is 2. The number of likely N-dealkylation sites (tertiary alicyclic amines) is 1. The highest BCUT2D eigenvalue weighted by Gasteiger charge is 2.26. The number of piperazine rings is 1. The van der Waals surface area contributed by atoms with Crippen molar-refractivity contribution in [1.82, 2.24) is 29.5 Å². The Morgan fingerprint density at radius 3 is 2.20 bits per heavy atom. The lowest BCUT2D eigenvalue weighted by Gasteiger charge is -2.38. The standard InChI is InChI=1S/C33H37F2N7O2/c1-44-29-13-16-40(17-14-29)30-22-28(4-2-3-15-36-30)39-18-20-41(21-19-39)31(43)23-42-33(25-7-11-27(35)12-8-25)37-32(38-42)24-5-9-26(34)10-6-24/h3,5-12,15,22,29H,2,4,13-14,16-21,23H2,1H3/b15-3-,28-22?,36-30?. The molecule has 6 rings (SSSR count). The molecule has 2 aromatic carbocycles. The summed E-state index contributed by atoms with van der Waals surface area (Å²) >= 11 is 0. The van der Waals surface area contributed by atoms with E-state index in [-0.39, 0.29) is 24.1 Å². The molecule has 4 heterocycles. The molecule has 1 aromatic heterocycles. The lowest BCUT2D eigenvalue weighted by atomic mass is 10.1. The highest BCUT2D eigenvalue weighted by molar-refractivity contribution is 5.94. The number of hydrogen-bond acceptors (Lipinski definition) is 7. The van der Waals surface area contributed by atoms with Crippen molar-refractivity contribution in [2.45, 2.75) is 38.3 Å². The number of halogens is 2. The van der Waals surface area contributed by atoms with Crippen LogP contribution >= 0.6 is 0 Å². The minimum Gasteiger partial charge on any atom is -0.381 e. The average molecular weight is 602 g/mol. The number of rotatable bonds is 6. The number of carbonyl (C=O) groups excluding carboxylic acids is 1. The van der Waals surface area contributed by atoms with E-state index in [9.17, 15) is 13.6 Å². The maximum absolute atomic E-state index is 13.7. The largest absolute Gasteiger partial charge is 0.381 e. The van der Waals surface area contributed by atoms with Gasteiger partial charge in [-0.3, -0.25) is 4.79 Å². The van der Waals surface area contributed by atoms with E-state index in [2.05, 4.69) is 32.0 Å². The van der Waals surface area contributed by atoms with Crippen LogP contribution < -0.4 is 0 Å². The first kappa shape index (κ1) is 29.7. The van der Waals surface area contributed by atoms with Crippen molar-refractivity contribution in [2.24, 2.45) is 4.99 Å². The van der Waals surface area contributed by atoms with Gasteiger partial charge in [-0.15, -0.1) is 5.10 Å². The van der Waals surface area contributed by atoms with Gasteiger partial charge in [-0.25, -0.2) is 23.4 Å². The molecule has 230 valence electrons. The van der Waals surface area contributed by atoms with Gasteiger partial charge in [-0.05, 0) is 80.3 Å². The number of aromatic nitrogens is 3. The molecule has 0 spiro atoms. The van der Waals surface area contributed by atoms with E-state index in [0.29, 0.717) is 42.0 Å². The van der Waals surface area contributed by atoms with Gasteiger partial charge in [-0.2, -0.15) is 0 Å². The molecule has 0 aliphatic carbocycles. The molecule has 0 unspecified atom stereocenters. The number of nitrogens with zero attached hydrogens (tertiary/aromatic N) is 7. The molecule has 0 saturated carbocycles. The summed E-state index contributed by atoms with van der Waals surface area (Å²) in [7, 11) is 1.78. The third-order valence-electron chi connectivity index (χ3n) is 8.47. The van der Waals surface area contributed by atoms with Gasteiger partial charge in [0.05, 0.1) is 6.10 Å². The summed E-state index contributed by atoms with van der Waals surface area (Å²) in [6.45, 7) is 4.45. The zero-order chi connectivity index (χ0) is 30.5. The van der Waals surface area contributed by atoms with Crippen LogP contribution in [0.4, 0.5) is 8.78 Å². The van der Waals surface area contributed by atoms with Crippen molar-refractivity contribution in [3.63, 3.8) is 0 Å². The first-order valence-electron chi connectivity index (χ1n) is 15.2. The maximum atomic E-state index is 13.7. The fraction of sp³-hybridized carbons (Fsp3) is 0.394. The molecule has 0 radical (unpaired) electrons. The van der Waals surface area contributed by atoms with Gasteiger partial charge in [0.2, 0.25) is 5.91 Å². The van der Waals surface area contributed by atoms with E-state index in [1.54, 1.807) is 36.1 Å². The second-order valence-electron chi connectivity index (χ2n) is 11.3. The summed E-state index contributed by atoms with van der Waals surface area (Å²) in [5, 5.41) is 4.60. The van der Waals surface area contributed by atoms with E-state index >= 15 is 0 Å². The second kappa shape index (κ2) is 13.5. The number of allylic oxidation sites excluding steroid dienone is 2. The van der Waals surface area contributed by atoms with Crippen molar-refractivity contribution >= 4 is 11.7 Å². The zero-order valence-corrected chi connectivity index (χ0v) is 24.9. The Hall–Kier alpha value is -4.38. The average Bonchev–Trinajstić information content (AvgIpc) is 3.45. The molecule has 44 heavy (non-hydrogen) atoms. The summed E-state index contributed by atoms with van der Waals surface area (Å²) in [5.41, 5.74) is 2.51. The number of amidine groups is 1. The highest BCUT2D eigenvalue weighted by Crippen LogP contribution is 2.24. The van der Waals surface area contributed by atoms with Crippen LogP contribution in [0.2, 0.25) is 0 Å². The number of aliphatic imine (C=N–C) groups is 1. The van der Waals surface area contributed by atoms with Gasteiger partial charge in [-0.1, -0.05) is 6.08 Å². The lowest BCUT2D eigenvalue weighted by Crippen LogP contribution is -2.49.